The molecule has 1 saturated carbocycles. The number of carbonyl (C=O) groups excluding carboxylic acids is 1. The number of carboxylic acids is 1. The number of hydrogen-bond acceptors (Lipinski definition) is 4. The van der Waals surface area contributed by atoms with Gasteiger partial charge in [-0.15, -0.1) is 0 Å². The molecule has 0 amide bonds. The van der Waals surface area contributed by atoms with Crippen molar-refractivity contribution in [3.63, 3.8) is 0 Å². The maximum atomic E-state index is 12.4. The van der Waals surface area contributed by atoms with Gasteiger partial charge in [0.15, 0.2) is 5.78 Å². The van der Waals surface area contributed by atoms with Crippen LogP contribution in [-0.4, -0.2) is 34.2 Å². The Hall–Kier alpha value is -2.95. The highest BCUT2D eigenvalue weighted by atomic mass is 16.4. The van der Waals surface area contributed by atoms with E-state index >= 15 is 0 Å². The second kappa shape index (κ2) is 7.95. The summed E-state index contributed by atoms with van der Waals surface area (Å²) in [5.41, 5.74) is 1.74. The lowest BCUT2D eigenvalue weighted by molar-refractivity contribution is -0.136. The van der Waals surface area contributed by atoms with Gasteiger partial charge in [-0.3, -0.25) is 14.6 Å². The third kappa shape index (κ3) is 3.99. The smallest absolute Gasteiger partial charge is 0.305 e. The zero-order chi connectivity index (χ0) is 18.5. The molecule has 2 aromatic carbocycles. The average Bonchev–Trinajstić information content (AvgIpc) is 2.62. The lowest BCUT2D eigenvalue weighted by atomic mass is 9.88. The minimum Gasteiger partial charge on any atom is -0.511 e. The first kappa shape index (κ1) is 17.9. The number of Topliss-reactive ketones (excluding diaryl/α,β-unsaturated/α-hetero) is 1. The van der Waals surface area contributed by atoms with Gasteiger partial charge in [0, 0.05) is 25.1 Å². The summed E-state index contributed by atoms with van der Waals surface area (Å²) in [6.07, 6.45) is 1.80. The summed E-state index contributed by atoms with van der Waals surface area (Å²) >= 11 is 0. The summed E-state index contributed by atoms with van der Waals surface area (Å²) in [4.78, 5) is 27.3. The van der Waals surface area contributed by atoms with E-state index in [9.17, 15) is 14.7 Å². The van der Waals surface area contributed by atoms with Crippen LogP contribution in [0.4, 0.5) is 0 Å². The first-order chi connectivity index (χ1) is 12.6. The van der Waals surface area contributed by atoms with Crippen LogP contribution in [-0.2, 0) is 16.0 Å². The molecular weight excluding hydrogens is 330 g/mol. The quantitative estimate of drug-likeness (QED) is 0.632. The molecule has 0 unspecified atom stereocenters. The van der Waals surface area contributed by atoms with E-state index in [4.69, 9.17) is 5.11 Å². The number of ketones is 1. The number of aliphatic imine (C=N–C) groups is 1. The van der Waals surface area contributed by atoms with Crippen molar-refractivity contribution in [2.45, 2.75) is 32.1 Å². The van der Waals surface area contributed by atoms with Crippen molar-refractivity contribution < 1.29 is 19.8 Å². The Morgan fingerprint density at radius 1 is 1.04 bits per heavy atom. The third-order valence-electron chi connectivity index (χ3n) is 4.54. The highest BCUT2D eigenvalue weighted by Gasteiger charge is 2.25. The van der Waals surface area contributed by atoms with Gasteiger partial charge in [-0.25, -0.2) is 0 Å². The van der Waals surface area contributed by atoms with Gasteiger partial charge in [0.1, 0.15) is 5.76 Å². The molecule has 1 fully saturated rings. The number of aliphatic carboxylic acids is 1. The fraction of sp³-hybridized carbons (Fsp3) is 0.286. The zero-order valence-corrected chi connectivity index (χ0v) is 14.4. The van der Waals surface area contributed by atoms with Crippen molar-refractivity contribution in [3.8, 4) is 0 Å². The second-order valence-corrected chi connectivity index (χ2v) is 6.39. The molecule has 0 spiro atoms. The van der Waals surface area contributed by atoms with Crippen LogP contribution >= 0.6 is 0 Å². The molecule has 0 saturated heterocycles. The van der Waals surface area contributed by atoms with Crippen molar-refractivity contribution in [3.05, 3.63) is 59.4 Å². The average molecular weight is 351 g/mol. The van der Waals surface area contributed by atoms with Crippen LogP contribution < -0.4 is 0 Å². The SMILES string of the molecule is O=C(O)CCN=C1CCCC(=O)C1=C(O)Cc1cccc2ccccc12. The normalized spacial score (nSPS) is 18.3. The fourth-order valence-electron chi connectivity index (χ4n) is 3.31. The number of hydrogen-bond donors (Lipinski definition) is 2. The van der Waals surface area contributed by atoms with E-state index in [1.54, 1.807) is 0 Å². The van der Waals surface area contributed by atoms with Gasteiger partial charge >= 0.3 is 5.97 Å². The summed E-state index contributed by atoms with van der Waals surface area (Å²) in [5.74, 6) is -1.04. The Morgan fingerprint density at radius 2 is 1.81 bits per heavy atom. The van der Waals surface area contributed by atoms with Crippen LogP contribution in [0.1, 0.15) is 31.2 Å². The van der Waals surface area contributed by atoms with Crippen LogP contribution in [0.3, 0.4) is 0 Å². The molecule has 0 aliphatic heterocycles. The van der Waals surface area contributed by atoms with E-state index in [-0.39, 0.29) is 36.5 Å². The maximum absolute atomic E-state index is 12.4. The van der Waals surface area contributed by atoms with E-state index in [0.29, 0.717) is 25.0 Å². The summed E-state index contributed by atoms with van der Waals surface area (Å²) in [7, 11) is 0. The van der Waals surface area contributed by atoms with E-state index in [0.717, 1.165) is 16.3 Å². The molecule has 1 aliphatic carbocycles. The molecule has 0 bridgehead atoms. The van der Waals surface area contributed by atoms with Crippen molar-refractivity contribution in [1.29, 1.82) is 0 Å². The molecule has 5 heteroatoms. The number of rotatable bonds is 5. The fourth-order valence-corrected chi connectivity index (χ4v) is 3.31. The van der Waals surface area contributed by atoms with E-state index in [2.05, 4.69) is 4.99 Å². The van der Waals surface area contributed by atoms with Gasteiger partial charge in [-0.2, -0.15) is 0 Å². The van der Waals surface area contributed by atoms with Crippen LogP contribution in [0, 0.1) is 0 Å². The number of nitrogens with zero attached hydrogens (tertiary/aromatic N) is 1. The lowest BCUT2D eigenvalue weighted by Gasteiger charge is -2.18. The first-order valence-corrected chi connectivity index (χ1v) is 8.73. The minimum atomic E-state index is -0.929. The number of aliphatic hydroxyl groups is 1. The minimum absolute atomic E-state index is 0.0140. The van der Waals surface area contributed by atoms with Gasteiger partial charge in [0.2, 0.25) is 0 Å². The summed E-state index contributed by atoms with van der Waals surface area (Å²) in [6.45, 7) is 0.114. The van der Waals surface area contributed by atoms with Crippen molar-refractivity contribution in [1.82, 2.24) is 0 Å². The number of aliphatic hydroxyl groups excluding tert-OH is 1. The molecule has 5 nitrogen and oxygen atoms in total. The van der Waals surface area contributed by atoms with Crippen LogP contribution in [0.15, 0.2) is 58.8 Å². The highest BCUT2D eigenvalue weighted by molar-refractivity contribution is 6.24. The second-order valence-electron chi connectivity index (χ2n) is 6.39. The number of benzene rings is 2. The predicted molar refractivity (Wildman–Crippen MR) is 101 cm³/mol. The van der Waals surface area contributed by atoms with Gasteiger partial charge in [0.05, 0.1) is 12.0 Å². The molecule has 0 aromatic heterocycles. The summed E-state index contributed by atoms with van der Waals surface area (Å²) in [6, 6.07) is 13.8. The predicted octanol–water partition coefficient (Wildman–Crippen LogP) is 3.86. The highest BCUT2D eigenvalue weighted by Crippen LogP contribution is 2.25. The molecule has 0 atom stereocenters. The molecule has 0 heterocycles. The van der Waals surface area contributed by atoms with Gasteiger partial charge in [0.25, 0.3) is 0 Å². The van der Waals surface area contributed by atoms with Crippen LogP contribution in [0.2, 0.25) is 0 Å². The molecule has 2 aromatic rings. The topological polar surface area (TPSA) is 87.0 Å². The molecule has 134 valence electrons. The van der Waals surface area contributed by atoms with Gasteiger partial charge < -0.3 is 10.2 Å². The Balaban J connectivity index is 1.94. The third-order valence-corrected chi connectivity index (χ3v) is 4.54. The monoisotopic (exact) mass is 351 g/mol. The molecule has 2 N–H and O–H groups in total. The van der Waals surface area contributed by atoms with Gasteiger partial charge in [-0.05, 0) is 29.2 Å². The number of carboxylic acid groups (broad SMARTS) is 1. The van der Waals surface area contributed by atoms with E-state index in [1.165, 1.54) is 0 Å². The summed E-state index contributed by atoms with van der Waals surface area (Å²) < 4.78 is 0. The number of allylic oxidation sites excluding steroid dienone is 2. The lowest BCUT2D eigenvalue weighted by Crippen LogP contribution is -2.22. The van der Waals surface area contributed by atoms with E-state index < -0.39 is 5.97 Å². The molecule has 0 radical (unpaired) electrons. The molecule has 26 heavy (non-hydrogen) atoms. The number of carbonyl (C=O) groups is 2. The first-order valence-electron chi connectivity index (χ1n) is 8.73. The maximum Gasteiger partial charge on any atom is 0.305 e. The molecular formula is C21H21NO4. The molecule has 1 aliphatic rings. The Morgan fingerprint density at radius 3 is 2.62 bits per heavy atom. The van der Waals surface area contributed by atoms with Crippen LogP contribution in [0.25, 0.3) is 10.8 Å². The Kier molecular flexibility index (Phi) is 5.46. The van der Waals surface area contributed by atoms with Gasteiger partial charge in [-0.1, -0.05) is 42.5 Å². The Bertz CT molecular complexity index is 906. The zero-order valence-electron chi connectivity index (χ0n) is 14.4. The van der Waals surface area contributed by atoms with Crippen molar-refractivity contribution >= 4 is 28.2 Å². The summed E-state index contributed by atoms with van der Waals surface area (Å²) in [5, 5.41) is 21.6. The van der Waals surface area contributed by atoms with E-state index in [1.807, 2.05) is 42.5 Å². The Labute approximate surface area is 151 Å². The number of fused-ring (bicyclic) bond motifs is 1. The van der Waals surface area contributed by atoms with Crippen molar-refractivity contribution in [2.75, 3.05) is 6.54 Å². The standard InChI is InChI=1S/C21H21NO4/c23-18-10-4-9-17(22-12-11-20(25)26)21(18)19(24)13-15-7-3-6-14-5-1-2-8-16(14)15/h1-3,5-8,24H,4,9-13H2,(H,25,26). The largest absolute Gasteiger partial charge is 0.511 e. The molecule has 3 rings (SSSR count). The van der Waals surface area contributed by atoms with Crippen molar-refractivity contribution in [2.24, 2.45) is 4.99 Å². The van der Waals surface area contributed by atoms with Crippen LogP contribution in [0.5, 0.6) is 0 Å².